The number of benzene rings is 2. The van der Waals surface area contributed by atoms with Crippen molar-refractivity contribution in [2.45, 2.75) is 0 Å². The van der Waals surface area contributed by atoms with Gasteiger partial charge in [-0.3, -0.25) is 30.3 Å². The molecule has 0 aliphatic carbocycles. The molecule has 0 saturated heterocycles. The molecule has 116 valence electrons. The number of nitro groups is 3. The third-order valence-corrected chi connectivity index (χ3v) is 2.98. The normalized spacial score (nSPS) is 10.6. The molecular formula is C14H9N3O6. The lowest BCUT2D eigenvalue weighted by molar-refractivity contribution is -0.441. The number of rotatable bonds is 5. The first-order chi connectivity index (χ1) is 10.9. The predicted octanol–water partition coefficient (Wildman–Crippen LogP) is 3.58. The van der Waals surface area contributed by atoms with Gasteiger partial charge >= 0.3 is 17.1 Å². The standard InChI is InChI=1S/C14H9N3O6/c18-15(19)12-9-8-11(7-6-10-4-2-1-3-5-10)13(16(20)21)14(12)17(22)23/h1-9H. The van der Waals surface area contributed by atoms with Crippen molar-refractivity contribution < 1.29 is 14.8 Å². The van der Waals surface area contributed by atoms with E-state index in [9.17, 15) is 30.3 Å². The minimum absolute atomic E-state index is 0.0869. The van der Waals surface area contributed by atoms with Crippen LogP contribution in [0.4, 0.5) is 17.1 Å². The highest BCUT2D eigenvalue weighted by molar-refractivity contribution is 5.81. The Balaban J connectivity index is 2.63. The molecule has 0 aromatic heterocycles. The van der Waals surface area contributed by atoms with Gasteiger partial charge in [-0.25, -0.2) is 0 Å². The molecule has 9 nitrogen and oxygen atoms in total. The summed E-state index contributed by atoms with van der Waals surface area (Å²) in [6.07, 6.45) is 2.84. The lowest BCUT2D eigenvalue weighted by atomic mass is 10.1. The Bertz CT molecular complexity index is 817. The van der Waals surface area contributed by atoms with Crippen LogP contribution < -0.4 is 0 Å². The van der Waals surface area contributed by atoms with E-state index in [0.29, 0.717) is 0 Å². The van der Waals surface area contributed by atoms with Crippen LogP contribution in [0.5, 0.6) is 0 Å². The van der Waals surface area contributed by atoms with Gasteiger partial charge in [0.15, 0.2) is 0 Å². The van der Waals surface area contributed by atoms with Gasteiger partial charge in [-0.1, -0.05) is 36.4 Å². The van der Waals surface area contributed by atoms with E-state index in [-0.39, 0.29) is 5.56 Å². The van der Waals surface area contributed by atoms with E-state index in [0.717, 1.165) is 17.7 Å². The van der Waals surface area contributed by atoms with Crippen molar-refractivity contribution in [3.63, 3.8) is 0 Å². The van der Waals surface area contributed by atoms with E-state index in [1.807, 2.05) is 0 Å². The van der Waals surface area contributed by atoms with Crippen molar-refractivity contribution in [3.8, 4) is 0 Å². The highest BCUT2D eigenvalue weighted by atomic mass is 16.6. The van der Waals surface area contributed by atoms with Crippen molar-refractivity contribution in [3.05, 3.63) is 83.9 Å². The molecule has 2 rings (SSSR count). The van der Waals surface area contributed by atoms with Crippen molar-refractivity contribution in [2.75, 3.05) is 0 Å². The van der Waals surface area contributed by atoms with Gasteiger partial charge < -0.3 is 0 Å². The Hall–Kier alpha value is -3.62. The van der Waals surface area contributed by atoms with Gasteiger partial charge in [0.05, 0.1) is 20.3 Å². The maximum atomic E-state index is 11.2. The fraction of sp³-hybridized carbons (Fsp3) is 0. The molecule has 2 aromatic rings. The molecule has 0 amide bonds. The second-order valence-corrected chi connectivity index (χ2v) is 4.39. The molecule has 23 heavy (non-hydrogen) atoms. The Labute approximate surface area is 128 Å². The zero-order chi connectivity index (χ0) is 17.0. The summed E-state index contributed by atoms with van der Waals surface area (Å²) in [6.45, 7) is 0. The average molecular weight is 315 g/mol. The topological polar surface area (TPSA) is 129 Å². The average Bonchev–Trinajstić information content (AvgIpc) is 2.52. The molecule has 9 heteroatoms. The fourth-order valence-corrected chi connectivity index (χ4v) is 1.99. The lowest BCUT2D eigenvalue weighted by Gasteiger charge is -2.00. The van der Waals surface area contributed by atoms with Crippen molar-refractivity contribution >= 4 is 29.2 Å². The predicted molar refractivity (Wildman–Crippen MR) is 81.8 cm³/mol. The van der Waals surface area contributed by atoms with Crippen LogP contribution in [-0.4, -0.2) is 14.8 Å². The molecule has 0 radical (unpaired) electrons. The van der Waals surface area contributed by atoms with Crippen LogP contribution in [0.25, 0.3) is 12.2 Å². The van der Waals surface area contributed by atoms with Crippen LogP contribution in [0.3, 0.4) is 0 Å². The van der Waals surface area contributed by atoms with Crippen LogP contribution in [0.1, 0.15) is 11.1 Å². The van der Waals surface area contributed by atoms with Gasteiger partial charge in [0.2, 0.25) is 0 Å². The van der Waals surface area contributed by atoms with Crippen LogP contribution in [0.2, 0.25) is 0 Å². The van der Waals surface area contributed by atoms with E-state index >= 15 is 0 Å². The Kier molecular flexibility index (Phi) is 4.41. The molecule has 0 aliphatic heterocycles. The molecule has 0 spiro atoms. The zero-order valence-electron chi connectivity index (χ0n) is 11.5. The van der Waals surface area contributed by atoms with Crippen LogP contribution in [-0.2, 0) is 0 Å². The van der Waals surface area contributed by atoms with Gasteiger partial charge in [-0.05, 0) is 17.7 Å². The highest BCUT2D eigenvalue weighted by Gasteiger charge is 2.37. The third-order valence-electron chi connectivity index (χ3n) is 2.98. The summed E-state index contributed by atoms with van der Waals surface area (Å²) < 4.78 is 0. The first kappa shape index (κ1) is 15.8. The minimum Gasteiger partial charge on any atom is -0.258 e. The van der Waals surface area contributed by atoms with Crippen LogP contribution in [0.15, 0.2) is 42.5 Å². The number of nitro benzene ring substituents is 3. The molecule has 0 bridgehead atoms. The molecule has 0 aliphatic rings. The number of hydrogen-bond acceptors (Lipinski definition) is 6. The van der Waals surface area contributed by atoms with Gasteiger partial charge in [-0.15, -0.1) is 0 Å². The summed E-state index contributed by atoms with van der Waals surface area (Å²) in [4.78, 5) is 30.0. The Morgan fingerprint density at radius 2 is 1.30 bits per heavy atom. The van der Waals surface area contributed by atoms with E-state index in [1.165, 1.54) is 12.2 Å². The van der Waals surface area contributed by atoms with Gasteiger partial charge in [0.25, 0.3) is 0 Å². The Morgan fingerprint density at radius 3 is 1.83 bits per heavy atom. The molecule has 0 heterocycles. The van der Waals surface area contributed by atoms with Crippen molar-refractivity contribution in [2.24, 2.45) is 0 Å². The van der Waals surface area contributed by atoms with Gasteiger partial charge in [0, 0.05) is 6.07 Å². The number of hydrogen-bond donors (Lipinski definition) is 0. The second-order valence-electron chi connectivity index (χ2n) is 4.39. The number of nitrogens with zero attached hydrogens (tertiary/aromatic N) is 3. The molecule has 0 N–H and O–H groups in total. The largest absolute Gasteiger partial charge is 0.422 e. The zero-order valence-corrected chi connectivity index (χ0v) is 11.5. The van der Waals surface area contributed by atoms with Gasteiger partial charge in [-0.2, -0.15) is 0 Å². The van der Waals surface area contributed by atoms with Gasteiger partial charge in [0.1, 0.15) is 0 Å². The maximum Gasteiger partial charge on any atom is 0.422 e. The fourth-order valence-electron chi connectivity index (χ4n) is 1.99. The van der Waals surface area contributed by atoms with Crippen LogP contribution in [0, 0.1) is 30.3 Å². The quantitative estimate of drug-likeness (QED) is 0.471. The highest BCUT2D eigenvalue weighted by Crippen LogP contribution is 2.39. The summed E-state index contributed by atoms with van der Waals surface area (Å²) in [5, 5.41) is 33.1. The summed E-state index contributed by atoms with van der Waals surface area (Å²) in [5.41, 5.74) is -2.32. The van der Waals surface area contributed by atoms with E-state index < -0.39 is 31.8 Å². The minimum atomic E-state index is -1.13. The van der Waals surface area contributed by atoms with Crippen molar-refractivity contribution in [1.82, 2.24) is 0 Å². The maximum absolute atomic E-state index is 11.2. The Morgan fingerprint density at radius 1 is 0.696 bits per heavy atom. The lowest BCUT2D eigenvalue weighted by Crippen LogP contribution is -2.03. The molecule has 0 unspecified atom stereocenters. The first-order valence-electron chi connectivity index (χ1n) is 6.25. The van der Waals surface area contributed by atoms with E-state index in [2.05, 4.69) is 0 Å². The van der Waals surface area contributed by atoms with E-state index in [4.69, 9.17) is 0 Å². The monoisotopic (exact) mass is 315 g/mol. The molecule has 0 fully saturated rings. The first-order valence-corrected chi connectivity index (χ1v) is 6.25. The summed E-state index contributed by atoms with van der Waals surface area (Å²) in [6, 6.07) is 10.8. The molecule has 0 atom stereocenters. The molecule has 0 saturated carbocycles. The molecule has 2 aromatic carbocycles. The van der Waals surface area contributed by atoms with E-state index in [1.54, 1.807) is 30.3 Å². The summed E-state index contributed by atoms with van der Waals surface area (Å²) >= 11 is 0. The van der Waals surface area contributed by atoms with Crippen molar-refractivity contribution in [1.29, 1.82) is 0 Å². The summed E-state index contributed by atoms with van der Waals surface area (Å²) in [7, 11) is 0. The summed E-state index contributed by atoms with van der Waals surface area (Å²) in [5.74, 6) is 0. The SMILES string of the molecule is O=[N+]([O-])c1ccc(C=Cc2ccccc2)c([N+](=O)[O-])c1[N+](=O)[O-]. The third kappa shape index (κ3) is 3.35. The smallest absolute Gasteiger partial charge is 0.258 e. The second kappa shape index (κ2) is 6.43. The van der Waals surface area contributed by atoms with Crippen LogP contribution >= 0.6 is 0 Å². The molecular weight excluding hydrogens is 306 g/mol.